The van der Waals surface area contributed by atoms with Crippen LogP contribution in [0.5, 0.6) is 0 Å². The van der Waals surface area contributed by atoms with E-state index in [1.54, 1.807) is 28.2 Å². The van der Waals surface area contributed by atoms with Crippen molar-refractivity contribution in [1.29, 1.82) is 0 Å². The van der Waals surface area contributed by atoms with Crippen LogP contribution >= 0.6 is 20.7 Å². The van der Waals surface area contributed by atoms with Gasteiger partial charge in [0.25, 0.3) is 13.7 Å². The minimum absolute atomic E-state index is 0.00438. The number of nitrogens with one attached hydrogen (secondary N) is 2. The number of hydrogen-bond donors (Lipinski definition) is 2. The first-order chi connectivity index (χ1) is 19.7. The summed E-state index contributed by atoms with van der Waals surface area (Å²) < 4.78 is 51.7. The Hall–Kier alpha value is -1.97. The van der Waals surface area contributed by atoms with E-state index in [0.717, 1.165) is 0 Å². The van der Waals surface area contributed by atoms with Crippen LogP contribution in [-0.2, 0) is 33.3 Å². The number of aliphatic imine (C=N–C) groups is 1. The highest BCUT2D eigenvalue weighted by atomic mass is 32.2. The molecule has 0 bridgehead atoms. The number of ether oxygens (including phenoxy) is 2. The van der Waals surface area contributed by atoms with Gasteiger partial charge in [-0.3, -0.25) is 4.79 Å². The van der Waals surface area contributed by atoms with E-state index in [-0.39, 0.29) is 47.8 Å². The van der Waals surface area contributed by atoms with E-state index in [0.29, 0.717) is 18.2 Å². The summed E-state index contributed by atoms with van der Waals surface area (Å²) in [6, 6.07) is 0.189. The third-order valence-corrected chi connectivity index (χ3v) is 10.6. The van der Waals surface area contributed by atoms with Gasteiger partial charge in [0.1, 0.15) is 17.8 Å². The molecular weight excluding hydrogens is 603 g/mol. The van der Waals surface area contributed by atoms with E-state index in [1.807, 2.05) is 6.92 Å². The van der Waals surface area contributed by atoms with Gasteiger partial charge in [-0.1, -0.05) is 12.7 Å². The van der Waals surface area contributed by atoms with E-state index >= 15 is 0 Å². The van der Waals surface area contributed by atoms with Crippen LogP contribution in [0.1, 0.15) is 41.5 Å². The lowest BCUT2D eigenvalue weighted by molar-refractivity contribution is -0.117. The van der Waals surface area contributed by atoms with E-state index in [1.165, 1.54) is 6.92 Å². The first kappa shape index (κ1) is 34.5. The van der Waals surface area contributed by atoms with Crippen molar-refractivity contribution in [3.05, 3.63) is 37.3 Å². The first-order valence-corrected chi connectivity index (χ1v) is 17.2. The van der Waals surface area contributed by atoms with Crippen LogP contribution in [0.4, 0.5) is 0 Å². The highest BCUT2D eigenvalue weighted by molar-refractivity contribution is 7.91. The molecule has 0 radical (unpaired) electrons. The number of amides is 1. The van der Waals surface area contributed by atoms with Crippen LogP contribution in [0.15, 0.2) is 42.3 Å². The number of carbonyl (C=O) groups excluding carboxylic acids is 1. The molecule has 5 atom stereocenters. The van der Waals surface area contributed by atoms with Crippen molar-refractivity contribution in [2.45, 2.75) is 78.2 Å². The molecule has 236 valence electrons. The molecule has 16 heteroatoms. The van der Waals surface area contributed by atoms with Crippen LogP contribution in [0.2, 0.25) is 0 Å². The SMILES string of the molecule is C=CCNOP(OC1[C@@H](C)O[C@@H](N2C=CC(NC(C)=O)=NC2=C)[C@H]1OC(=S)N1CCS(=O)(=O)CC1)N(C(C)C)C(C)C. The van der Waals surface area contributed by atoms with E-state index < -0.39 is 42.9 Å². The minimum Gasteiger partial charge on any atom is -0.460 e. The average Bonchev–Trinajstić information content (AvgIpc) is 3.17. The summed E-state index contributed by atoms with van der Waals surface area (Å²) in [7, 11) is -4.76. The molecule has 2 fully saturated rings. The van der Waals surface area contributed by atoms with Crippen LogP contribution in [-0.4, -0.2) is 108 Å². The summed E-state index contributed by atoms with van der Waals surface area (Å²) in [6.07, 6.45) is 2.37. The molecule has 2 saturated heterocycles. The summed E-state index contributed by atoms with van der Waals surface area (Å²) in [5.41, 5.74) is 2.91. The standard InChI is InChI=1S/C26H43N6O7PS2/c1-9-11-27-39-40(32(17(2)3)18(4)5)38-23-19(6)36-25(31-12-10-22(28-20(31)7)29-21(8)33)24(23)37-26(41)30-13-15-42(34,35)16-14-30/h9-10,12,17-19,23-25,27H,1,7,11,13-16H2,2-6,8H3,(H,28,29,33)/t19-,23?,24+,25-,40?/m1/s1. The van der Waals surface area contributed by atoms with Crippen molar-refractivity contribution in [3.8, 4) is 0 Å². The van der Waals surface area contributed by atoms with Crippen molar-refractivity contribution >= 4 is 47.5 Å². The van der Waals surface area contributed by atoms with Gasteiger partial charge in [-0.2, -0.15) is 5.48 Å². The fourth-order valence-corrected chi connectivity index (χ4v) is 7.87. The van der Waals surface area contributed by atoms with Gasteiger partial charge >= 0.3 is 0 Å². The number of amidine groups is 1. The van der Waals surface area contributed by atoms with Crippen molar-refractivity contribution in [2.75, 3.05) is 31.1 Å². The second kappa shape index (κ2) is 15.2. The van der Waals surface area contributed by atoms with Crippen LogP contribution < -0.4 is 10.8 Å². The number of nitrogens with zero attached hydrogens (tertiary/aromatic N) is 4. The molecule has 3 heterocycles. The predicted molar refractivity (Wildman–Crippen MR) is 167 cm³/mol. The van der Waals surface area contributed by atoms with Gasteiger partial charge in [0.2, 0.25) is 5.91 Å². The van der Waals surface area contributed by atoms with E-state index in [2.05, 4.69) is 61.3 Å². The average molecular weight is 647 g/mol. The third-order valence-electron chi connectivity index (χ3n) is 6.61. The maximum atomic E-state index is 12.0. The smallest absolute Gasteiger partial charge is 0.277 e. The Bertz CT molecular complexity index is 1160. The molecule has 1 amide bonds. The molecule has 3 aliphatic heterocycles. The molecule has 0 aromatic heterocycles. The molecule has 0 saturated carbocycles. The molecule has 2 unspecified atom stereocenters. The Kier molecular flexibility index (Phi) is 12.5. The molecule has 3 rings (SSSR count). The lowest BCUT2D eigenvalue weighted by atomic mass is 10.1. The van der Waals surface area contributed by atoms with Gasteiger partial charge in [-0.05, 0) is 52.9 Å². The van der Waals surface area contributed by atoms with Gasteiger partial charge < -0.3 is 29.1 Å². The van der Waals surface area contributed by atoms with E-state index in [9.17, 15) is 13.2 Å². The quantitative estimate of drug-likeness (QED) is 0.112. The lowest BCUT2D eigenvalue weighted by Gasteiger charge is -2.39. The van der Waals surface area contributed by atoms with Crippen molar-refractivity contribution in [3.63, 3.8) is 0 Å². The lowest BCUT2D eigenvalue weighted by Crippen LogP contribution is -2.50. The monoisotopic (exact) mass is 646 g/mol. The number of hydrogen-bond acceptors (Lipinski definition) is 12. The maximum Gasteiger partial charge on any atom is 0.277 e. The molecule has 0 aromatic rings. The zero-order valence-corrected chi connectivity index (χ0v) is 27.6. The fourth-order valence-electron chi connectivity index (χ4n) is 4.69. The number of carbonyl (C=O) groups is 1. The Labute approximate surface area is 255 Å². The normalized spacial score (nSPS) is 26.5. The largest absolute Gasteiger partial charge is 0.460 e. The van der Waals surface area contributed by atoms with Gasteiger partial charge in [0.05, 0.1) is 17.6 Å². The summed E-state index contributed by atoms with van der Waals surface area (Å²) in [6.45, 7) is 20.2. The topological polar surface area (TPSA) is 134 Å². The Balaban J connectivity index is 1.91. The highest BCUT2D eigenvalue weighted by Gasteiger charge is 2.51. The molecule has 0 aromatic carbocycles. The number of thiocarbonyl (C=S) groups is 1. The summed E-state index contributed by atoms with van der Waals surface area (Å²) in [4.78, 5) is 19.4. The van der Waals surface area contributed by atoms with Crippen LogP contribution in [0, 0.1) is 0 Å². The van der Waals surface area contributed by atoms with Gasteiger partial charge in [0.15, 0.2) is 22.2 Å². The maximum absolute atomic E-state index is 12.0. The summed E-state index contributed by atoms with van der Waals surface area (Å²) in [5.74, 6) is 0.400. The Morgan fingerprint density at radius 2 is 1.93 bits per heavy atom. The Morgan fingerprint density at radius 3 is 2.48 bits per heavy atom. The second-order valence-electron chi connectivity index (χ2n) is 10.6. The first-order valence-electron chi connectivity index (χ1n) is 13.8. The van der Waals surface area contributed by atoms with Crippen molar-refractivity contribution in [2.24, 2.45) is 4.99 Å². The second-order valence-corrected chi connectivity index (χ2v) is 14.6. The van der Waals surface area contributed by atoms with Gasteiger partial charge in [-0.25, -0.2) is 22.7 Å². The molecule has 2 N–H and O–H groups in total. The molecule has 42 heavy (non-hydrogen) atoms. The molecule has 13 nitrogen and oxygen atoms in total. The van der Waals surface area contributed by atoms with Crippen LogP contribution in [0.25, 0.3) is 0 Å². The minimum atomic E-state index is -3.11. The molecular formula is C26H43N6O7PS2. The zero-order valence-electron chi connectivity index (χ0n) is 25.1. The number of sulfone groups is 1. The van der Waals surface area contributed by atoms with Crippen molar-refractivity contribution < 1.29 is 31.8 Å². The van der Waals surface area contributed by atoms with Crippen LogP contribution in [0.3, 0.4) is 0 Å². The molecule has 0 aliphatic carbocycles. The highest BCUT2D eigenvalue weighted by Crippen LogP contribution is 2.49. The zero-order chi connectivity index (χ0) is 31.2. The number of hydroxylamine groups is 1. The van der Waals surface area contributed by atoms with Gasteiger partial charge in [-0.15, -0.1) is 6.58 Å². The third kappa shape index (κ3) is 9.02. The fraction of sp³-hybridized carbons (Fsp3) is 0.654. The summed E-state index contributed by atoms with van der Waals surface area (Å²) >= 11 is 5.67. The molecule has 0 spiro atoms. The van der Waals surface area contributed by atoms with E-state index in [4.69, 9.17) is 30.8 Å². The molecule has 3 aliphatic rings. The predicted octanol–water partition coefficient (Wildman–Crippen LogP) is 2.40. The number of rotatable bonds is 11. The van der Waals surface area contributed by atoms with Gasteiger partial charge in [0, 0.05) is 44.8 Å². The van der Waals surface area contributed by atoms with Crippen molar-refractivity contribution in [1.82, 2.24) is 25.3 Å². The summed E-state index contributed by atoms with van der Waals surface area (Å²) in [5, 5.41) is 2.80. The Morgan fingerprint density at radius 1 is 1.29 bits per heavy atom.